The molecule has 0 heterocycles. The molecule has 1 rings (SSSR count). The van der Waals surface area contributed by atoms with E-state index in [0.29, 0.717) is 0 Å². The lowest BCUT2D eigenvalue weighted by Crippen LogP contribution is -2.21. The average Bonchev–Trinajstić information content (AvgIpc) is 2.16. The Labute approximate surface area is 92.4 Å². The first kappa shape index (κ1) is 14.5. The van der Waals surface area contributed by atoms with Crippen molar-refractivity contribution in [1.82, 2.24) is 0 Å². The average molecular weight is 284 g/mol. The van der Waals surface area contributed by atoms with Gasteiger partial charge in [0.15, 0.2) is 17.4 Å². The number of benzene rings is 1. The fourth-order valence-electron chi connectivity index (χ4n) is 1.19. The van der Waals surface area contributed by atoms with Gasteiger partial charge in [-0.3, -0.25) is 0 Å². The lowest BCUT2D eigenvalue weighted by Gasteiger charge is -2.18. The predicted octanol–water partition coefficient (Wildman–Crippen LogP) is 3.85. The number of hydrogen-bond donors (Lipinski definition) is 1. The van der Waals surface area contributed by atoms with E-state index in [1.54, 1.807) is 0 Å². The van der Waals surface area contributed by atoms with E-state index >= 15 is 0 Å². The highest BCUT2D eigenvalue weighted by molar-refractivity contribution is 5.45. The van der Waals surface area contributed by atoms with Crippen LogP contribution >= 0.6 is 0 Å². The van der Waals surface area contributed by atoms with Gasteiger partial charge in [-0.1, -0.05) is 0 Å². The van der Waals surface area contributed by atoms with Crippen LogP contribution < -0.4 is 0 Å². The van der Waals surface area contributed by atoms with Gasteiger partial charge < -0.3 is 5.11 Å². The van der Waals surface area contributed by atoms with Gasteiger partial charge in [0.25, 0.3) is 0 Å². The van der Waals surface area contributed by atoms with E-state index in [-0.39, 0.29) is 0 Å². The molecule has 10 heteroatoms. The highest BCUT2D eigenvalue weighted by Crippen LogP contribution is 2.47. The Morgan fingerprint density at radius 3 is 1.33 bits per heavy atom. The molecule has 0 aromatic heterocycles. The lowest BCUT2D eigenvalue weighted by atomic mass is 10.0. The normalized spacial score (nSPS) is 12.9. The Morgan fingerprint density at radius 2 is 1.00 bits per heavy atom. The van der Waals surface area contributed by atoms with E-state index < -0.39 is 46.7 Å². The SMILES string of the molecule is Oc1c(F)c(F)c(F)c(C(F)(F)F)c1C(F)(F)F. The van der Waals surface area contributed by atoms with E-state index in [2.05, 4.69) is 0 Å². The second kappa shape index (κ2) is 3.95. The molecule has 1 aromatic rings. The van der Waals surface area contributed by atoms with Gasteiger partial charge in [-0.2, -0.15) is 30.7 Å². The first-order valence-corrected chi connectivity index (χ1v) is 3.92. The van der Waals surface area contributed by atoms with Crippen LogP contribution in [-0.4, -0.2) is 5.11 Å². The molecule has 0 atom stereocenters. The summed E-state index contributed by atoms with van der Waals surface area (Å²) in [7, 11) is 0. The summed E-state index contributed by atoms with van der Waals surface area (Å²) in [6.07, 6.45) is -11.9. The summed E-state index contributed by atoms with van der Waals surface area (Å²) in [5.41, 5.74) is -6.11. The molecule has 0 bridgehead atoms. The molecule has 1 aromatic carbocycles. The van der Waals surface area contributed by atoms with Gasteiger partial charge in [0.2, 0.25) is 5.82 Å². The number of aromatic hydroxyl groups is 1. The van der Waals surface area contributed by atoms with Gasteiger partial charge in [0.1, 0.15) is 11.1 Å². The van der Waals surface area contributed by atoms with Crippen molar-refractivity contribution in [1.29, 1.82) is 0 Å². The summed E-state index contributed by atoms with van der Waals surface area (Å²) >= 11 is 0. The molecule has 0 aliphatic heterocycles. The summed E-state index contributed by atoms with van der Waals surface area (Å²) in [6.45, 7) is 0. The molecule has 1 N–H and O–H groups in total. The third-order valence-electron chi connectivity index (χ3n) is 1.87. The first-order chi connectivity index (χ1) is 7.89. The van der Waals surface area contributed by atoms with Crippen molar-refractivity contribution in [3.8, 4) is 5.75 Å². The van der Waals surface area contributed by atoms with Gasteiger partial charge in [-0.05, 0) is 0 Å². The van der Waals surface area contributed by atoms with Gasteiger partial charge >= 0.3 is 12.4 Å². The summed E-state index contributed by atoms with van der Waals surface area (Å²) < 4.78 is 111. The summed E-state index contributed by atoms with van der Waals surface area (Å²) in [6, 6.07) is 0. The van der Waals surface area contributed by atoms with E-state index in [4.69, 9.17) is 5.11 Å². The predicted molar refractivity (Wildman–Crippen MR) is 38.0 cm³/mol. The molecular weight excluding hydrogens is 283 g/mol. The van der Waals surface area contributed by atoms with E-state index in [0.717, 1.165) is 0 Å². The molecule has 0 unspecified atom stereocenters. The number of rotatable bonds is 0. The highest BCUT2D eigenvalue weighted by atomic mass is 19.4. The minimum atomic E-state index is -5.96. The summed E-state index contributed by atoms with van der Waals surface area (Å²) in [4.78, 5) is 0. The fourth-order valence-corrected chi connectivity index (χ4v) is 1.19. The third-order valence-corrected chi connectivity index (χ3v) is 1.87. The van der Waals surface area contributed by atoms with Crippen LogP contribution in [0.25, 0.3) is 0 Å². The van der Waals surface area contributed by atoms with Crippen molar-refractivity contribution in [2.75, 3.05) is 0 Å². The van der Waals surface area contributed by atoms with E-state index in [1.807, 2.05) is 0 Å². The van der Waals surface area contributed by atoms with Gasteiger partial charge in [0.05, 0.1) is 0 Å². The Hall–Kier alpha value is -1.61. The zero-order valence-corrected chi connectivity index (χ0v) is 7.85. The zero-order valence-electron chi connectivity index (χ0n) is 7.85. The number of phenols is 1. The Balaban J connectivity index is 3.89. The number of halogens is 9. The van der Waals surface area contributed by atoms with Crippen molar-refractivity contribution < 1.29 is 44.6 Å². The largest absolute Gasteiger partial charge is 0.504 e. The molecule has 0 spiro atoms. The molecule has 0 amide bonds. The van der Waals surface area contributed by atoms with Crippen LogP contribution in [0.1, 0.15) is 11.1 Å². The number of phenolic OH excluding ortho intramolecular Hbond substituents is 1. The number of alkyl halides is 6. The monoisotopic (exact) mass is 284 g/mol. The second-order valence-electron chi connectivity index (χ2n) is 3.04. The molecule has 0 aliphatic carbocycles. The van der Waals surface area contributed by atoms with Crippen molar-refractivity contribution in [2.45, 2.75) is 12.4 Å². The molecule has 102 valence electrons. The van der Waals surface area contributed by atoms with Gasteiger partial charge in [-0.25, -0.2) is 8.78 Å². The fraction of sp³-hybridized carbons (Fsp3) is 0.250. The Kier molecular flexibility index (Phi) is 3.17. The quantitative estimate of drug-likeness (QED) is 0.566. The van der Waals surface area contributed by atoms with Crippen molar-refractivity contribution in [3.63, 3.8) is 0 Å². The van der Waals surface area contributed by atoms with Crippen molar-refractivity contribution >= 4 is 0 Å². The van der Waals surface area contributed by atoms with Crippen LogP contribution in [0.5, 0.6) is 5.75 Å². The lowest BCUT2D eigenvalue weighted by molar-refractivity contribution is -0.165. The molecule has 0 saturated carbocycles. The van der Waals surface area contributed by atoms with Crippen molar-refractivity contribution in [2.24, 2.45) is 0 Å². The topological polar surface area (TPSA) is 20.2 Å². The maximum Gasteiger partial charge on any atom is 0.420 e. The van der Waals surface area contributed by atoms with Crippen LogP contribution in [-0.2, 0) is 12.4 Å². The van der Waals surface area contributed by atoms with E-state index in [1.165, 1.54) is 0 Å². The van der Waals surface area contributed by atoms with Gasteiger partial charge in [0, 0.05) is 0 Å². The first-order valence-electron chi connectivity index (χ1n) is 3.92. The van der Waals surface area contributed by atoms with Crippen LogP contribution in [0.3, 0.4) is 0 Å². The molecule has 1 nitrogen and oxygen atoms in total. The second-order valence-corrected chi connectivity index (χ2v) is 3.04. The van der Waals surface area contributed by atoms with Crippen LogP contribution in [0.15, 0.2) is 0 Å². The zero-order chi connectivity index (χ0) is 14.5. The summed E-state index contributed by atoms with van der Waals surface area (Å²) in [5.74, 6) is -11.3. The molecule has 0 aliphatic rings. The maximum absolute atomic E-state index is 12.8. The van der Waals surface area contributed by atoms with Crippen LogP contribution in [0, 0.1) is 17.5 Å². The van der Waals surface area contributed by atoms with Gasteiger partial charge in [-0.15, -0.1) is 0 Å². The van der Waals surface area contributed by atoms with Crippen LogP contribution in [0.2, 0.25) is 0 Å². The highest BCUT2D eigenvalue weighted by Gasteiger charge is 2.50. The third kappa shape index (κ3) is 2.18. The Morgan fingerprint density at radius 1 is 0.611 bits per heavy atom. The van der Waals surface area contributed by atoms with Crippen LogP contribution in [0.4, 0.5) is 39.5 Å². The molecule has 0 radical (unpaired) electrons. The minimum Gasteiger partial charge on any atom is -0.504 e. The smallest absolute Gasteiger partial charge is 0.420 e. The van der Waals surface area contributed by atoms with Crippen molar-refractivity contribution in [3.05, 3.63) is 28.6 Å². The molecule has 0 fully saturated rings. The molecular formula is C8HF9O. The standard InChI is InChI=1S/C8HF9O/c9-3-1(7(12,13)14)2(8(15,16)17)6(18)5(11)4(3)10/h18H. The summed E-state index contributed by atoms with van der Waals surface area (Å²) in [5, 5.41) is 8.58. The molecule has 18 heavy (non-hydrogen) atoms. The minimum absolute atomic E-state index is 2.64. The molecule has 0 saturated heterocycles. The number of hydrogen-bond acceptors (Lipinski definition) is 1. The Bertz CT molecular complexity index is 440. The maximum atomic E-state index is 12.8. The van der Waals surface area contributed by atoms with E-state index in [9.17, 15) is 39.5 Å².